The van der Waals surface area contributed by atoms with Crippen LogP contribution in [0.3, 0.4) is 0 Å². The summed E-state index contributed by atoms with van der Waals surface area (Å²) in [6.45, 7) is 2.99. The van der Waals surface area contributed by atoms with Crippen molar-refractivity contribution in [2.45, 2.75) is 6.54 Å². The largest absolute Gasteiger partial charge is 0.368 e. The number of anilines is 1. The van der Waals surface area contributed by atoms with Gasteiger partial charge in [0.1, 0.15) is 5.82 Å². The van der Waals surface area contributed by atoms with Gasteiger partial charge >= 0.3 is 0 Å². The molecule has 0 bridgehead atoms. The first kappa shape index (κ1) is 16.3. The zero-order valence-electron chi connectivity index (χ0n) is 14.2. The molecule has 4 rings (SSSR count). The van der Waals surface area contributed by atoms with Gasteiger partial charge in [-0.3, -0.25) is 20.0 Å². The van der Waals surface area contributed by atoms with Crippen molar-refractivity contribution in [3.63, 3.8) is 0 Å². The molecule has 0 aliphatic carbocycles. The van der Waals surface area contributed by atoms with Crippen molar-refractivity contribution in [3.05, 3.63) is 88.0 Å². The lowest BCUT2D eigenvalue weighted by atomic mass is 10.1. The predicted molar refractivity (Wildman–Crippen MR) is 99.3 cm³/mol. The summed E-state index contributed by atoms with van der Waals surface area (Å²) in [7, 11) is 0. The molecule has 132 valence electrons. The predicted octanol–water partition coefficient (Wildman–Crippen LogP) is 2.64. The minimum absolute atomic E-state index is 0.0976. The highest BCUT2D eigenvalue weighted by Gasteiger charge is 2.27. The van der Waals surface area contributed by atoms with E-state index in [1.807, 2.05) is 18.3 Å². The van der Waals surface area contributed by atoms with Crippen molar-refractivity contribution in [2.24, 2.45) is 0 Å². The van der Waals surface area contributed by atoms with Crippen LogP contribution in [0.15, 0.2) is 72.3 Å². The Morgan fingerprint density at radius 3 is 3.00 bits per heavy atom. The van der Waals surface area contributed by atoms with E-state index in [4.69, 9.17) is 0 Å². The Labute approximate surface area is 151 Å². The zero-order chi connectivity index (χ0) is 17.9. The molecule has 1 aromatic carbocycles. The van der Waals surface area contributed by atoms with Gasteiger partial charge in [-0.1, -0.05) is 24.3 Å². The molecule has 2 aliphatic rings. The van der Waals surface area contributed by atoms with Gasteiger partial charge in [-0.15, -0.1) is 0 Å². The molecule has 2 aliphatic heterocycles. The van der Waals surface area contributed by atoms with Crippen LogP contribution in [0.2, 0.25) is 0 Å². The van der Waals surface area contributed by atoms with Gasteiger partial charge in [-0.25, -0.2) is 0 Å². The van der Waals surface area contributed by atoms with Crippen LogP contribution in [0.25, 0.3) is 0 Å². The van der Waals surface area contributed by atoms with E-state index in [2.05, 4.69) is 38.3 Å². The molecule has 7 nitrogen and oxygen atoms in total. The minimum Gasteiger partial charge on any atom is -0.368 e. The zero-order valence-corrected chi connectivity index (χ0v) is 14.2. The second-order valence-corrected chi connectivity index (χ2v) is 6.35. The van der Waals surface area contributed by atoms with Crippen molar-refractivity contribution in [1.29, 1.82) is 0 Å². The third-order valence-electron chi connectivity index (χ3n) is 4.50. The van der Waals surface area contributed by atoms with Gasteiger partial charge in [-0.2, -0.15) is 0 Å². The van der Waals surface area contributed by atoms with Crippen LogP contribution in [0.1, 0.15) is 5.56 Å². The van der Waals surface area contributed by atoms with Crippen molar-refractivity contribution < 1.29 is 4.92 Å². The molecule has 1 N–H and O–H groups in total. The summed E-state index contributed by atoms with van der Waals surface area (Å²) < 4.78 is 0. The van der Waals surface area contributed by atoms with Crippen molar-refractivity contribution in [1.82, 2.24) is 15.2 Å². The molecule has 2 aromatic rings. The molecule has 0 radical (unpaired) electrons. The second-order valence-electron chi connectivity index (χ2n) is 6.35. The van der Waals surface area contributed by atoms with Gasteiger partial charge in [0.15, 0.2) is 0 Å². The number of dihydropyridines is 1. The fraction of sp³-hybridized carbons (Fsp3) is 0.211. The van der Waals surface area contributed by atoms with Crippen LogP contribution in [0.5, 0.6) is 0 Å². The highest BCUT2D eigenvalue weighted by molar-refractivity contribution is 5.59. The Morgan fingerprint density at radius 1 is 1.27 bits per heavy atom. The SMILES string of the molecule is O=[N+]([O-])c1cccc(N2CN(Cc3cccnc3)CC3=C2NCC=C3)c1. The van der Waals surface area contributed by atoms with E-state index in [0.29, 0.717) is 6.67 Å². The van der Waals surface area contributed by atoms with Gasteiger partial charge in [0.25, 0.3) is 5.69 Å². The van der Waals surface area contributed by atoms with Crippen LogP contribution in [-0.2, 0) is 6.54 Å². The first-order chi connectivity index (χ1) is 12.7. The van der Waals surface area contributed by atoms with E-state index >= 15 is 0 Å². The summed E-state index contributed by atoms with van der Waals surface area (Å²) in [5.41, 5.74) is 3.23. The number of nitro groups is 1. The third kappa shape index (κ3) is 3.29. The van der Waals surface area contributed by atoms with Gasteiger partial charge < -0.3 is 10.2 Å². The fourth-order valence-corrected chi connectivity index (χ4v) is 3.35. The minimum atomic E-state index is -0.357. The third-order valence-corrected chi connectivity index (χ3v) is 4.50. The number of non-ortho nitro benzene ring substituents is 1. The smallest absolute Gasteiger partial charge is 0.271 e. The Bertz CT molecular complexity index is 879. The van der Waals surface area contributed by atoms with Crippen LogP contribution in [0, 0.1) is 10.1 Å². The summed E-state index contributed by atoms with van der Waals surface area (Å²) in [5, 5.41) is 14.6. The van der Waals surface area contributed by atoms with Crippen LogP contribution in [0.4, 0.5) is 11.4 Å². The number of benzene rings is 1. The summed E-state index contributed by atoms with van der Waals surface area (Å²) in [6.07, 6.45) is 7.86. The molecular weight excluding hydrogens is 330 g/mol. The van der Waals surface area contributed by atoms with Crippen LogP contribution in [-0.4, -0.2) is 34.6 Å². The number of rotatable bonds is 4. The van der Waals surface area contributed by atoms with E-state index in [9.17, 15) is 10.1 Å². The molecule has 7 heteroatoms. The summed E-state index contributed by atoms with van der Waals surface area (Å²) in [5.74, 6) is 1.02. The lowest BCUT2D eigenvalue weighted by molar-refractivity contribution is -0.384. The number of hydrogen-bond acceptors (Lipinski definition) is 6. The molecule has 0 saturated heterocycles. The molecular formula is C19H19N5O2. The quantitative estimate of drug-likeness (QED) is 0.676. The van der Waals surface area contributed by atoms with E-state index in [0.717, 1.165) is 36.7 Å². The number of nitrogens with one attached hydrogen (secondary N) is 1. The summed E-state index contributed by atoms with van der Waals surface area (Å²) in [4.78, 5) is 19.4. The number of nitrogens with zero attached hydrogens (tertiary/aromatic N) is 4. The molecule has 1 aromatic heterocycles. The van der Waals surface area contributed by atoms with E-state index in [1.54, 1.807) is 18.3 Å². The topological polar surface area (TPSA) is 74.5 Å². The van der Waals surface area contributed by atoms with Gasteiger partial charge in [-0.05, 0) is 17.7 Å². The molecule has 0 saturated carbocycles. The number of aromatic nitrogens is 1. The fourth-order valence-electron chi connectivity index (χ4n) is 3.35. The van der Waals surface area contributed by atoms with Crippen LogP contribution >= 0.6 is 0 Å². The van der Waals surface area contributed by atoms with Crippen molar-refractivity contribution in [2.75, 3.05) is 24.7 Å². The average Bonchev–Trinajstić information content (AvgIpc) is 2.68. The molecule has 3 heterocycles. The molecule has 0 atom stereocenters. The van der Waals surface area contributed by atoms with Gasteiger partial charge in [0.05, 0.1) is 17.3 Å². The first-order valence-corrected chi connectivity index (χ1v) is 8.47. The van der Waals surface area contributed by atoms with Gasteiger partial charge in [0, 0.05) is 49.7 Å². The maximum absolute atomic E-state index is 11.2. The van der Waals surface area contributed by atoms with E-state index in [1.165, 1.54) is 11.6 Å². The van der Waals surface area contributed by atoms with Crippen molar-refractivity contribution in [3.8, 4) is 0 Å². The average molecular weight is 349 g/mol. The number of nitro benzene ring substituents is 1. The van der Waals surface area contributed by atoms with E-state index < -0.39 is 0 Å². The molecule has 0 unspecified atom stereocenters. The first-order valence-electron chi connectivity index (χ1n) is 8.47. The molecule has 0 fully saturated rings. The summed E-state index contributed by atoms with van der Waals surface area (Å²) >= 11 is 0. The second kappa shape index (κ2) is 6.97. The monoisotopic (exact) mass is 349 g/mol. The lowest BCUT2D eigenvalue weighted by Gasteiger charge is -2.40. The van der Waals surface area contributed by atoms with Crippen molar-refractivity contribution >= 4 is 11.4 Å². The maximum atomic E-state index is 11.2. The molecule has 26 heavy (non-hydrogen) atoms. The highest BCUT2D eigenvalue weighted by Crippen LogP contribution is 2.29. The standard InChI is InChI=1S/C19H19N5O2/c25-24(26)18-7-1-6-17(10-18)23-14-22(12-15-4-2-8-20-11-15)13-16-5-3-9-21-19(16)23/h1-8,10-11,21H,9,12-14H2. The van der Waals surface area contributed by atoms with Gasteiger partial charge in [0.2, 0.25) is 0 Å². The Morgan fingerprint density at radius 2 is 2.19 bits per heavy atom. The summed E-state index contributed by atoms with van der Waals surface area (Å²) in [6, 6.07) is 10.8. The highest BCUT2D eigenvalue weighted by atomic mass is 16.6. The van der Waals surface area contributed by atoms with E-state index in [-0.39, 0.29) is 10.6 Å². The number of hydrogen-bond donors (Lipinski definition) is 1. The number of pyridine rings is 1. The Kier molecular flexibility index (Phi) is 4.37. The Hall–Kier alpha value is -3.19. The molecule has 0 amide bonds. The molecule has 0 spiro atoms. The normalized spacial score (nSPS) is 17.0. The van der Waals surface area contributed by atoms with Crippen LogP contribution < -0.4 is 10.2 Å². The Balaban J connectivity index is 1.66. The lowest BCUT2D eigenvalue weighted by Crippen LogP contribution is -2.48. The maximum Gasteiger partial charge on any atom is 0.271 e.